The molecule has 0 aliphatic carbocycles. The molecule has 0 amide bonds. The average Bonchev–Trinajstić information content (AvgIpc) is 2.76. The van der Waals surface area contributed by atoms with E-state index in [9.17, 15) is 4.79 Å². The number of methoxy groups -OCH3 is 1. The van der Waals surface area contributed by atoms with Gasteiger partial charge in [-0.1, -0.05) is 0 Å². The number of halogens is 1. The number of ether oxygens (including phenoxy) is 1. The first-order valence-electron chi connectivity index (χ1n) is 5.98. The van der Waals surface area contributed by atoms with Crippen LogP contribution in [0.25, 0.3) is 11.3 Å². The molecule has 0 aliphatic rings. The lowest BCUT2D eigenvalue weighted by Crippen LogP contribution is -2.00. The van der Waals surface area contributed by atoms with Gasteiger partial charge in [-0.3, -0.25) is 4.68 Å². The molecule has 1 aromatic heterocycles. The summed E-state index contributed by atoms with van der Waals surface area (Å²) in [5.41, 5.74) is 3.75. The summed E-state index contributed by atoms with van der Waals surface area (Å²) in [6, 6.07) is 3.50. The summed E-state index contributed by atoms with van der Waals surface area (Å²) in [5, 5.41) is 13.1. The van der Waals surface area contributed by atoms with E-state index in [-0.39, 0.29) is 5.69 Å². The Kier molecular flexibility index (Phi) is 3.85. The highest BCUT2D eigenvalue weighted by Crippen LogP contribution is 2.38. The van der Waals surface area contributed by atoms with E-state index in [0.29, 0.717) is 0 Å². The second-order valence-electron chi connectivity index (χ2n) is 4.55. The third kappa shape index (κ3) is 2.31. The topological polar surface area (TPSA) is 64.3 Å². The smallest absolute Gasteiger partial charge is 0.356 e. The maximum Gasteiger partial charge on any atom is 0.356 e. The zero-order chi connectivity index (χ0) is 15.0. The van der Waals surface area contributed by atoms with Crippen molar-refractivity contribution in [2.24, 2.45) is 7.05 Å². The second kappa shape index (κ2) is 5.28. The maximum atomic E-state index is 11.0. The fourth-order valence-corrected chi connectivity index (χ4v) is 2.75. The van der Waals surface area contributed by atoms with E-state index in [1.807, 2.05) is 19.9 Å². The monoisotopic (exact) mass is 338 g/mol. The van der Waals surface area contributed by atoms with Gasteiger partial charge in [-0.25, -0.2) is 4.79 Å². The molecule has 5 nitrogen and oxygen atoms in total. The summed E-state index contributed by atoms with van der Waals surface area (Å²) in [7, 11) is 3.35. The number of carbonyl (C=O) groups is 1. The molecule has 0 saturated heterocycles. The molecule has 0 spiro atoms. The lowest BCUT2D eigenvalue weighted by atomic mass is 9.99. The van der Waals surface area contributed by atoms with Crippen molar-refractivity contribution in [3.8, 4) is 17.0 Å². The molecule has 0 radical (unpaired) electrons. The summed E-state index contributed by atoms with van der Waals surface area (Å²) in [5.74, 6) is -0.279. The Morgan fingerprint density at radius 2 is 2.05 bits per heavy atom. The molecule has 1 heterocycles. The number of aromatic carboxylic acids is 1. The van der Waals surface area contributed by atoms with Crippen LogP contribution in [-0.2, 0) is 7.05 Å². The van der Waals surface area contributed by atoms with Crippen molar-refractivity contribution < 1.29 is 14.6 Å². The zero-order valence-electron chi connectivity index (χ0n) is 11.7. The van der Waals surface area contributed by atoms with E-state index < -0.39 is 5.97 Å². The molecule has 2 rings (SSSR count). The molecule has 20 heavy (non-hydrogen) atoms. The highest BCUT2D eigenvalue weighted by molar-refractivity contribution is 9.10. The minimum absolute atomic E-state index is 0.0354. The van der Waals surface area contributed by atoms with Crippen LogP contribution in [0, 0.1) is 13.8 Å². The maximum absolute atomic E-state index is 11.0. The lowest BCUT2D eigenvalue weighted by molar-refractivity contribution is 0.0689. The van der Waals surface area contributed by atoms with Gasteiger partial charge in [-0.2, -0.15) is 5.10 Å². The van der Waals surface area contributed by atoms with Gasteiger partial charge in [-0.15, -0.1) is 0 Å². The minimum atomic E-state index is -1.03. The van der Waals surface area contributed by atoms with E-state index in [2.05, 4.69) is 21.0 Å². The quantitative estimate of drug-likeness (QED) is 0.933. The number of hydrogen-bond donors (Lipinski definition) is 1. The zero-order valence-corrected chi connectivity index (χ0v) is 13.3. The minimum Gasteiger partial charge on any atom is -0.496 e. The van der Waals surface area contributed by atoms with Gasteiger partial charge in [-0.05, 0) is 53.0 Å². The number of nitrogens with zero attached hydrogens (tertiary/aromatic N) is 2. The van der Waals surface area contributed by atoms with Gasteiger partial charge >= 0.3 is 5.97 Å². The Bertz CT molecular complexity index is 692. The van der Waals surface area contributed by atoms with Gasteiger partial charge in [0.2, 0.25) is 0 Å². The summed E-state index contributed by atoms with van der Waals surface area (Å²) in [4.78, 5) is 11.0. The SMILES string of the molecule is COc1cc(C)c(-c2cc(C(=O)O)nn2C)c(C)c1Br. The first-order chi connectivity index (χ1) is 9.36. The van der Waals surface area contributed by atoms with Crippen LogP contribution in [0.1, 0.15) is 21.6 Å². The molecule has 1 aromatic carbocycles. The van der Waals surface area contributed by atoms with E-state index >= 15 is 0 Å². The van der Waals surface area contributed by atoms with E-state index in [0.717, 1.165) is 32.6 Å². The van der Waals surface area contributed by atoms with E-state index in [4.69, 9.17) is 9.84 Å². The Morgan fingerprint density at radius 3 is 2.55 bits per heavy atom. The van der Waals surface area contributed by atoms with Gasteiger partial charge in [0.1, 0.15) is 5.75 Å². The normalized spacial score (nSPS) is 10.7. The van der Waals surface area contributed by atoms with Crippen molar-refractivity contribution in [2.45, 2.75) is 13.8 Å². The van der Waals surface area contributed by atoms with Crippen LogP contribution in [-0.4, -0.2) is 28.0 Å². The van der Waals surface area contributed by atoms with Crippen LogP contribution in [0.3, 0.4) is 0 Å². The molecule has 2 aromatic rings. The van der Waals surface area contributed by atoms with Crippen LogP contribution in [0.4, 0.5) is 0 Å². The molecular formula is C14H15BrN2O3. The van der Waals surface area contributed by atoms with Crippen LogP contribution in [0.15, 0.2) is 16.6 Å². The number of aromatic nitrogens is 2. The molecule has 0 atom stereocenters. The van der Waals surface area contributed by atoms with Crippen LogP contribution >= 0.6 is 15.9 Å². The number of hydrogen-bond acceptors (Lipinski definition) is 3. The molecule has 6 heteroatoms. The molecule has 0 unspecified atom stereocenters. The average molecular weight is 339 g/mol. The van der Waals surface area contributed by atoms with Gasteiger partial charge in [0.15, 0.2) is 5.69 Å². The van der Waals surface area contributed by atoms with Crippen molar-refractivity contribution in [3.63, 3.8) is 0 Å². The highest BCUT2D eigenvalue weighted by Gasteiger charge is 2.19. The summed E-state index contributed by atoms with van der Waals surface area (Å²) < 4.78 is 7.75. The molecule has 0 saturated carbocycles. The molecular weight excluding hydrogens is 324 g/mol. The van der Waals surface area contributed by atoms with Gasteiger partial charge in [0.05, 0.1) is 17.3 Å². The van der Waals surface area contributed by atoms with Crippen LogP contribution < -0.4 is 4.74 Å². The Labute approximate surface area is 125 Å². The number of benzene rings is 1. The van der Waals surface area contributed by atoms with Gasteiger partial charge in [0.25, 0.3) is 0 Å². The third-order valence-electron chi connectivity index (χ3n) is 3.24. The Balaban J connectivity index is 2.70. The van der Waals surface area contributed by atoms with Crippen molar-refractivity contribution in [1.29, 1.82) is 0 Å². The van der Waals surface area contributed by atoms with Crippen molar-refractivity contribution in [1.82, 2.24) is 9.78 Å². The fourth-order valence-electron chi connectivity index (χ4n) is 2.27. The first-order valence-corrected chi connectivity index (χ1v) is 6.77. The molecule has 1 N–H and O–H groups in total. The number of carboxylic acid groups (broad SMARTS) is 1. The van der Waals surface area contributed by atoms with Crippen molar-refractivity contribution in [2.75, 3.05) is 7.11 Å². The van der Waals surface area contributed by atoms with Gasteiger partial charge < -0.3 is 9.84 Å². The lowest BCUT2D eigenvalue weighted by Gasteiger charge is -2.15. The summed E-state index contributed by atoms with van der Waals surface area (Å²) >= 11 is 3.51. The standard InChI is InChI=1S/C14H15BrN2O3/c1-7-5-11(20-4)13(15)8(2)12(7)10-6-9(14(18)19)16-17(10)3/h5-6H,1-4H3,(H,18,19). The molecule has 0 aliphatic heterocycles. The second-order valence-corrected chi connectivity index (χ2v) is 5.35. The first kappa shape index (κ1) is 14.6. The van der Waals surface area contributed by atoms with Crippen LogP contribution in [0.2, 0.25) is 0 Å². The van der Waals surface area contributed by atoms with E-state index in [1.54, 1.807) is 24.9 Å². The van der Waals surface area contributed by atoms with Crippen LogP contribution in [0.5, 0.6) is 5.75 Å². The molecule has 106 valence electrons. The summed E-state index contributed by atoms with van der Waals surface area (Å²) in [6.07, 6.45) is 0. The fraction of sp³-hybridized carbons (Fsp3) is 0.286. The largest absolute Gasteiger partial charge is 0.496 e. The summed E-state index contributed by atoms with van der Waals surface area (Å²) in [6.45, 7) is 3.92. The number of rotatable bonds is 3. The Morgan fingerprint density at radius 1 is 1.40 bits per heavy atom. The highest BCUT2D eigenvalue weighted by atomic mass is 79.9. The Hall–Kier alpha value is -1.82. The predicted molar refractivity (Wildman–Crippen MR) is 79.3 cm³/mol. The van der Waals surface area contributed by atoms with E-state index in [1.165, 1.54) is 0 Å². The van der Waals surface area contributed by atoms with Crippen molar-refractivity contribution >= 4 is 21.9 Å². The van der Waals surface area contributed by atoms with Crippen molar-refractivity contribution in [3.05, 3.63) is 33.4 Å². The predicted octanol–water partition coefficient (Wildman–Crippen LogP) is 3.17. The molecule has 0 bridgehead atoms. The molecule has 0 fully saturated rings. The van der Waals surface area contributed by atoms with Gasteiger partial charge in [0, 0.05) is 12.6 Å². The number of aryl methyl sites for hydroxylation is 2. The number of carboxylic acids is 1. The third-order valence-corrected chi connectivity index (χ3v) is 4.22.